The molecule has 4 aromatic rings. The molecule has 6 rings (SSSR count). The van der Waals surface area contributed by atoms with E-state index in [0.29, 0.717) is 39.2 Å². The van der Waals surface area contributed by atoms with Crippen molar-refractivity contribution in [2.75, 3.05) is 63.1 Å². The zero-order valence-corrected chi connectivity index (χ0v) is 27.5. The van der Waals surface area contributed by atoms with Crippen LogP contribution in [-0.2, 0) is 14.5 Å². The Hall–Kier alpha value is -2.93. The molecule has 44 heavy (non-hydrogen) atoms. The summed E-state index contributed by atoms with van der Waals surface area (Å²) in [6, 6.07) is 11.8. The Morgan fingerprint density at radius 2 is 1.75 bits per heavy atom. The number of aryl methyl sites for hydroxylation is 1. The summed E-state index contributed by atoms with van der Waals surface area (Å²) in [5.41, 5.74) is 4.23. The van der Waals surface area contributed by atoms with E-state index in [1.54, 1.807) is 19.1 Å². The summed E-state index contributed by atoms with van der Waals surface area (Å²) in [6.45, 7) is 10.2. The van der Waals surface area contributed by atoms with Gasteiger partial charge in [0.15, 0.2) is 0 Å². The van der Waals surface area contributed by atoms with Gasteiger partial charge in [0.05, 0.1) is 39.7 Å². The zero-order valence-electron chi connectivity index (χ0n) is 25.1. The highest BCUT2D eigenvalue weighted by Crippen LogP contribution is 2.37. The molecule has 2 aliphatic heterocycles. The number of anilines is 3. The maximum atomic E-state index is 12.8. The molecule has 0 spiro atoms. The van der Waals surface area contributed by atoms with E-state index in [2.05, 4.69) is 38.1 Å². The molecular weight excluding hydrogens is 621 g/mol. The van der Waals surface area contributed by atoms with Crippen molar-refractivity contribution >= 4 is 61.7 Å². The molecule has 0 unspecified atom stereocenters. The normalized spacial score (nSPS) is 17.4. The van der Waals surface area contributed by atoms with E-state index in [1.165, 1.54) is 12.4 Å². The van der Waals surface area contributed by atoms with Crippen LogP contribution in [0.4, 0.5) is 17.3 Å². The van der Waals surface area contributed by atoms with Crippen molar-refractivity contribution in [3.05, 3.63) is 64.4 Å². The lowest BCUT2D eigenvalue weighted by atomic mass is 10.0. The van der Waals surface area contributed by atoms with E-state index in [-0.39, 0.29) is 11.6 Å². The molecule has 13 heteroatoms. The number of nitrogens with zero attached hydrogens (tertiary/aromatic N) is 6. The number of hydrogen-bond donors (Lipinski definition) is 1. The molecule has 2 saturated heterocycles. The number of fused-ring (bicyclic) bond motifs is 1. The third-order valence-electron chi connectivity index (χ3n) is 8.58. The first kappa shape index (κ1) is 31.1. The molecule has 234 valence electrons. The molecule has 10 nitrogen and oxygen atoms in total. The maximum Gasteiger partial charge on any atom is 0.366 e. The van der Waals surface area contributed by atoms with Crippen LogP contribution in [0.5, 0.6) is 0 Å². The van der Waals surface area contributed by atoms with Crippen LogP contribution >= 0.6 is 23.2 Å². The summed E-state index contributed by atoms with van der Waals surface area (Å²) in [5, 5.41) is 4.91. The predicted molar refractivity (Wildman–Crippen MR) is 178 cm³/mol. The molecule has 0 amide bonds. The lowest BCUT2D eigenvalue weighted by Gasteiger charge is -2.42. The second-order valence-corrected chi connectivity index (χ2v) is 13.7. The van der Waals surface area contributed by atoms with Gasteiger partial charge in [0.1, 0.15) is 0 Å². The van der Waals surface area contributed by atoms with E-state index in [1.807, 2.05) is 25.1 Å². The SMILES string of the molecule is CCOS(=O)(=O)n1cc(-c2nc(Nc3cc(Cl)c(N4CCC(N5CCN(C)CC5)CC4)cc3C)ncc2Cl)c2ccccc21. The van der Waals surface area contributed by atoms with Gasteiger partial charge >= 0.3 is 10.3 Å². The molecule has 2 aliphatic rings. The van der Waals surface area contributed by atoms with Gasteiger partial charge in [-0.05, 0) is 57.5 Å². The van der Waals surface area contributed by atoms with Gasteiger partial charge in [-0.1, -0.05) is 41.4 Å². The number of piperidine rings is 1. The Labute approximate surface area is 268 Å². The quantitative estimate of drug-likeness (QED) is 0.252. The van der Waals surface area contributed by atoms with Crippen LogP contribution in [0.1, 0.15) is 25.3 Å². The number of nitrogens with one attached hydrogen (secondary N) is 1. The number of piperazine rings is 1. The Morgan fingerprint density at radius 3 is 2.48 bits per heavy atom. The first-order chi connectivity index (χ1) is 21.1. The Kier molecular flexibility index (Phi) is 9.05. The molecule has 2 aromatic heterocycles. The largest absolute Gasteiger partial charge is 0.370 e. The molecule has 0 aliphatic carbocycles. The minimum Gasteiger partial charge on any atom is -0.370 e. The van der Waals surface area contributed by atoms with Gasteiger partial charge in [-0.3, -0.25) is 9.08 Å². The molecule has 0 saturated carbocycles. The monoisotopic (exact) mass is 657 g/mol. The van der Waals surface area contributed by atoms with Crippen LogP contribution in [0, 0.1) is 6.92 Å². The van der Waals surface area contributed by atoms with Gasteiger partial charge in [0.25, 0.3) is 0 Å². The molecule has 1 N–H and O–H groups in total. The summed E-state index contributed by atoms with van der Waals surface area (Å²) >= 11 is 13.4. The predicted octanol–water partition coefficient (Wildman–Crippen LogP) is 5.80. The van der Waals surface area contributed by atoms with Crippen molar-refractivity contribution in [1.29, 1.82) is 0 Å². The number of likely N-dealkylation sites (N-methyl/N-ethyl adjacent to an activating group) is 1. The average molecular weight is 659 g/mol. The highest BCUT2D eigenvalue weighted by Gasteiger charge is 2.28. The number of para-hydroxylation sites is 1. The van der Waals surface area contributed by atoms with E-state index < -0.39 is 10.3 Å². The van der Waals surface area contributed by atoms with Crippen molar-refractivity contribution in [2.45, 2.75) is 32.7 Å². The molecule has 2 fully saturated rings. The second kappa shape index (κ2) is 12.8. The van der Waals surface area contributed by atoms with Crippen LogP contribution in [0.15, 0.2) is 48.8 Å². The third-order valence-corrected chi connectivity index (χ3v) is 10.5. The van der Waals surface area contributed by atoms with Gasteiger partial charge < -0.3 is 15.1 Å². The van der Waals surface area contributed by atoms with Crippen molar-refractivity contribution in [1.82, 2.24) is 23.7 Å². The van der Waals surface area contributed by atoms with Crippen LogP contribution in [0.2, 0.25) is 10.0 Å². The fraction of sp³-hybridized carbons (Fsp3) is 0.419. The fourth-order valence-corrected chi connectivity index (χ4v) is 7.69. The van der Waals surface area contributed by atoms with Gasteiger partial charge in [0.2, 0.25) is 5.95 Å². The molecule has 2 aromatic carbocycles. The maximum absolute atomic E-state index is 12.8. The van der Waals surface area contributed by atoms with Crippen molar-refractivity contribution in [2.24, 2.45) is 0 Å². The Bertz CT molecular complexity index is 1770. The first-order valence-electron chi connectivity index (χ1n) is 14.9. The van der Waals surface area contributed by atoms with Gasteiger partial charge in [0, 0.05) is 68.1 Å². The van der Waals surface area contributed by atoms with Crippen molar-refractivity contribution in [3.63, 3.8) is 0 Å². The minimum absolute atomic E-state index is 0.0160. The lowest BCUT2D eigenvalue weighted by Crippen LogP contribution is -2.52. The third kappa shape index (κ3) is 6.27. The summed E-state index contributed by atoms with van der Waals surface area (Å²) in [7, 11) is -1.84. The van der Waals surface area contributed by atoms with Crippen LogP contribution in [-0.4, -0.2) is 91.1 Å². The number of aromatic nitrogens is 3. The first-order valence-corrected chi connectivity index (χ1v) is 17.0. The van der Waals surface area contributed by atoms with E-state index >= 15 is 0 Å². The zero-order chi connectivity index (χ0) is 31.0. The topological polar surface area (TPSA) is 95.8 Å². The Balaban J connectivity index is 1.22. The molecule has 0 bridgehead atoms. The standard InChI is InChI=1S/C31H37Cl2N7O3S/c1-4-43-44(41,42)40-20-24(23-7-5-6-8-28(23)40)30-26(33)19-34-31(36-30)35-27-18-25(32)29(17-21(27)2)39-11-9-22(10-12-39)38-15-13-37(3)14-16-38/h5-8,17-20,22H,4,9-16H2,1-3H3,(H,34,35,36). The highest BCUT2D eigenvalue weighted by atomic mass is 35.5. The molecular formula is C31H37Cl2N7O3S. The highest BCUT2D eigenvalue weighted by molar-refractivity contribution is 7.85. The minimum atomic E-state index is -4.04. The molecule has 4 heterocycles. The number of hydrogen-bond acceptors (Lipinski definition) is 9. The summed E-state index contributed by atoms with van der Waals surface area (Å²) < 4.78 is 31.8. The molecule has 0 atom stereocenters. The van der Waals surface area contributed by atoms with Gasteiger partial charge in [-0.15, -0.1) is 0 Å². The van der Waals surface area contributed by atoms with Crippen LogP contribution in [0.25, 0.3) is 22.2 Å². The van der Waals surface area contributed by atoms with Crippen molar-refractivity contribution in [3.8, 4) is 11.3 Å². The summed E-state index contributed by atoms with van der Waals surface area (Å²) in [5.74, 6) is 0.314. The Morgan fingerprint density at radius 1 is 1.02 bits per heavy atom. The summed E-state index contributed by atoms with van der Waals surface area (Å²) in [6.07, 6.45) is 5.24. The van der Waals surface area contributed by atoms with Crippen LogP contribution in [0.3, 0.4) is 0 Å². The summed E-state index contributed by atoms with van der Waals surface area (Å²) in [4.78, 5) is 16.5. The fourth-order valence-electron chi connectivity index (χ4n) is 6.17. The van der Waals surface area contributed by atoms with E-state index in [9.17, 15) is 8.42 Å². The lowest BCUT2D eigenvalue weighted by molar-refractivity contribution is 0.0982. The van der Waals surface area contributed by atoms with Gasteiger partial charge in [-0.25, -0.2) is 13.9 Å². The van der Waals surface area contributed by atoms with Gasteiger partial charge in [-0.2, -0.15) is 8.42 Å². The van der Waals surface area contributed by atoms with E-state index in [4.69, 9.17) is 32.4 Å². The smallest absolute Gasteiger partial charge is 0.366 e. The van der Waals surface area contributed by atoms with Crippen LogP contribution < -0.4 is 10.2 Å². The number of benzene rings is 2. The molecule has 0 radical (unpaired) electrons. The number of rotatable bonds is 8. The average Bonchev–Trinajstić information content (AvgIpc) is 3.41. The second-order valence-electron chi connectivity index (χ2n) is 11.4. The van der Waals surface area contributed by atoms with E-state index in [0.717, 1.165) is 73.0 Å². The van der Waals surface area contributed by atoms with Crippen molar-refractivity contribution < 1.29 is 12.6 Å². The number of halogens is 2.